The van der Waals surface area contributed by atoms with Crippen molar-refractivity contribution < 1.29 is 4.79 Å². The molecule has 1 N–H and O–H groups in total. The Balaban J connectivity index is 1.81. The van der Waals surface area contributed by atoms with Gasteiger partial charge in [-0.1, -0.05) is 43.8 Å². The Morgan fingerprint density at radius 1 is 1.18 bits per heavy atom. The van der Waals surface area contributed by atoms with Crippen molar-refractivity contribution >= 4 is 44.9 Å². The van der Waals surface area contributed by atoms with Crippen LogP contribution in [0.3, 0.4) is 0 Å². The predicted octanol–water partition coefficient (Wildman–Crippen LogP) is 5.05. The van der Waals surface area contributed by atoms with Gasteiger partial charge < -0.3 is 5.32 Å². The van der Waals surface area contributed by atoms with Gasteiger partial charge in [-0.05, 0) is 30.3 Å². The summed E-state index contributed by atoms with van der Waals surface area (Å²) in [6.07, 6.45) is 0. The third-order valence-corrected chi connectivity index (χ3v) is 5.11. The van der Waals surface area contributed by atoms with Gasteiger partial charge in [-0.25, -0.2) is 4.98 Å². The smallest absolute Gasteiger partial charge is 0.255 e. The van der Waals surface area contributed by atoms with Gasteiger partial charge in [-0.2, -0.15) is 0 Å². The first kappa shape index (κ1) is 15.1. The van der Waals surface area contributed by atoms with Crippen molar-refractivity contribution in [2.45, 2.75) is 23.4 Å². The minimum absolute atomic E-state index is 0.0961. The zero-order chi connectivity index (χ0) is 15.5. The first-order chi connectivity index (χ1) is 10.6. The van der Waals surface area contributed by atoms with E-state index in [1.165, 1.54) is 0 Å². The SMILES string of the molecule is CC(C)Sc1nc2ccc(NC(=O)c3ccccc3)cc2s1. The van der Waals surface area contributed by atoms with E-state index in [9.17, 15) is 4.79 Å². The topological polar surface area (TPSA) is 42.0 Å². The van der Waals surface area contributed by atoms with Crippen LogP contribution >= 0.6 is 23.1 Å². The molecule has 0 saturated heterocycles. The summed E-state index contributed by atoms with van der Waals surface area (Å²) in [5, 5.41) is 3.45. The van der Waals surface area contributed by atoms with Gasteiger partial charge in [0.1, 0.15) is 0 Å². The summed E-state index contributed by atoms with van der Waals surface area (Å²) < 4.78 is 2.16. The molecule has 5 heteroatoms. The lowest BCUT2D eigenvalue weighted by molar-refractivity contribution is 0.102. The average molecular weight is 328 g/mol. The third kappa shape index (κ3) is 3.48. The van der Waals surface area contributed by atoms with E-state index in [-0.39, 0.29) is 5.91 Å². The molecule has 1 aromatic heterocycles. The van der Waals surface area contributed by atoms with Gasteiger partial charge in [0.05, 0.1) is 10.2 Å². The maximum atomic E-state index is 12.2. The fourth-order valence-electron chi connectivity index (χ4n) is 2.03. The second-order valence-corrected chi connectivity index (χ2v) is 8.00. The standard InChI is InChI=1S/C17H16N2OS2/c1-11(2)21-17-19-14-9-8-13(10-15(14)22-17)18-16(20)12-6-4-3-5-7-12/h3-11H,1-2H3,(H,18,20). The molecule has 0 fully saturated rings. The molecule has 1 amide bonds. The number of nitrogens with one attached hydrogen (secondary N) is 1. The number of hydrogen-bond acceptors (Lipinski definition) is 4. The van der Waals surface area contributed by atoms with Crippen molar-refractivity contribution in [2.24, 2.45) is 0 Å². The monoisotopic (exact) mass is 328 g/mol. The summed E-state index contributed by atoms with van der Waals surface area (Å²) in [4.78, 5) is 16.8. The number of hydrogen-bond donors (Lipinski definition) is 1. The number of benzene rings is 2. The summed E-state index contributed by atoms with van der Waals surface area (Å²) in [5.41, 5.74) is 2.43. The van der Waals surface area contributed by atoms with Crippen LogP contribution in [0.5, 0.6) is 0 Å². The van der Waals surface area contributed by atoms with E-state index in [1.807, 2.05) is 36.4 Å². The molecule has 0 aliphatic carbocycles. The number of carbonyl (C=O) groups excluding carboxylic acids is 1. The van der Waals surface area contributed by atoms with Crippen molar-refractivity contribution in [1.82, 2.24) is 4.98 Å². The number of anilines is 1. The first-order valence-corrected chi connectivity index (χ1v) is 8.75. The van der Waals surface area contributed by atoms with Crippen molar-refractivity contribution in [3.63, 3.8) is 0 Å². The maximum absolute atomic E-state index is 12.2. The van der Waals surface area contributed by atoms with Crippen molar-refractivity contribution in [3.05, 3.63) is 54.1 Å². The Morgan fingerprint density at radius 2 is 1.95 bits per heavy atom. The molecule has 0 radical (unpaired) electrons. The van der Waals surface area contributed by atoms with Gasteiger partial charge in [0.25, 0.3) is 5.91 Å². The lowest BCUT2D eigenvalue weighted by Gasteiger charge is -2.04. The van der Waals surface area contributed by atoms with E-state index < -0.39 is 0 Å². The molecule has 3 rings (SSSR count). The van der Waals surface area contributed by atoms with Crippen LogP contribution in [-0.2, 0) is 0 Å². The largest absolute Gasteiger partial charge is 0.322 e. The minimum Gasteiger partial charge on any atom is -0.322 e. The second kappa shape index (κ2) is 6.50. The van der Waals surface area contributed by atoms with Gasteiger partial charge in [-0.15, -0.1) is 11.3 Å². The molecule has 0 aliphatic heterocycles. The van der Waals surface area contributed by atoms with E-state index in [0.717, 1.165) is 20.2 Å². The average Bonchev–Trinajstić information content (AvgIpc) is 2.88. The van der Waals surface area contributed by atoms with Crippen LogP contribution in [0.1, 0.15) is 24.2 Å². The quantitative estimate of drug-likeness (QED) is 0.682. The van der Waals surface area contributed by atoms with E-state index in [2.05, 4.69) is 24.1 Å². The number of rotatable bonds is 4. The molecule has 3 aromatic rings. The molecule has 0 unspecified atom stereocenters. The first-order valence-electron chi connectivity index (χ1n) is 7.05. The predicted molar refractivity (Wildman–Crippen MR) is 95.0 cm³/mol. The highest BCUT2D eigenvalue weighted by atomic mass is 32.2. The highest BCUT2D eigenvalue weighted by Crippen LogP contribution is 2.33. The Bertz CT molecular complexity index is 797. The summed E-state index contributed by atoms with van der Waals surface area (Å²) in [6, 6.07) is 15.1. The number of nitrogens with zero attached hydrogens (tertiary/aromatic N) is 1. The van der Waals surface area contributed by atoms with Crippen LogP contribution in [0.25, 0.3) is 10.2 Å². The fraction of sp³-hybridized carbons (Fsp3) is 0.176. The normalized spacial score (nSPS) is 11.0. The number of fused-ring (bicyclic) bond motifs is 1. The summed E-state index contributed by atoms with van der Waals surface area (Å²) in [6.45, 7) is 4.31. The third-order valence-electron chi connectivity index (χ3n) is 3.00. The molecule has 22 heavy (non-hydrogen) atoms. The van der Waals surface area contributed by atoms with E-state index in [0.29, 0.717) is 10.8 Å². The summed E-state index contributed by atoms with van der Waals surface area (Å²) >= 11 is 3.42. The molecule has 112 valence electrons. The zero-order valence-electron chi connectivity index (χ0n) is 12.4. The lowest BCUT2D eigenvalue weighted by Crippen LogP contribution is -2.11. The number of thiazole rings is 1. The number of thioether (sulfide) groups is 1. The van der Waals surface area contributed by atoms with Crippen LogP contribution in [0.4, 0.5) is 5.69 Å². The molecule has 2 aromatic carbocycles. The molecule has 3 nitrogen and oxygen atoms in total. The van der Waals surface area contributed by atoms with Gasteiger partial charge >= 0.3 is 0 Å². The van der Waals surface area contributed by atoms with Crippen LogP contribution in [-0.4, -0.2) is 16.1 Å². The molecule has 0 aliphatic rings. The van der Waals surface area contributed by atoms with Crippen molar-refractivity contribution in [1.29, 1.82) is 0 Å². The molecule has 0 bridgehead atoms. The van der Waals surface area contributed by atoms with Gasteiger partial charge in [0, 0.05) is 16.5 Å². The molecule has 0 atom stereocenters. The Labute approximate surface area is 137 Å². The number of aromatic nitrogens is 1. The second-order valence-electron chi connectivity index (χ2n) is 5.15. The van der Waals surface area contributed by atoms with Crippen LogP contribution in [0, 0.1) is 0 Å². The van der Waals surface area contributed by atoms with Crippen molar-refractivity contribution in [2.75, 3.05) is 5.32 Å². The van der Waals surface area contributed by atoms with Crippen LogP contribution in [0.2, 0.25) is 0 Å². The highest BCUT2D eigenvalue weighted by Gasteiger charge is 2.09. The van der Waals surface area contributed by atoms with E-state index in [4.69, 9.17) is 0 Å². The molecule has 0 saturated carbocycles. The van der Waals surface area contributed by atoms with E-state index >= 15 is 0 Å². The van der Waals surface area contributed by atoms with E-state index in [1.54, 1.807) is 35.2 Å². The lowest BCUT2D eigenvalue weighted by atomic mass is 10.2. The minimum atomic E-state index is -0.0961. The Kier molecular flexibility index (Phi) is 4.45. The van der Waals surface area contributed by atoms with Gasteiger partial charge in [-0.3, -0.25) is 4.79 Å². The van der Waals surface area contributed by atoms with Crippen molar-refractivity contribution in [3.8, 4) is 0 Å². The summed E-state index contributed by atoms with van der Waals surface area (Å²) in [7, 11) is 0. The molecular formula is C17H16N2OS2. The maximum Gasteiger partial charge on any atom is 0.255 e. The number of carbonyl (C=O) groups is 1. The fourth-order valence-corrected chi connectivity index (χ4v) is 4.36. The van der Waals surface area contributed by atoms with Gasteiger partial charge in [0.2, 0.25) is 0 Å². The van der Waals surface area contributed by atoms with Gasteiger partial charge in [0.15, 0.2) is 4.34 Å². The molecule has 1 heterocycles. The molecule has 0 spiro atoms. The molecular weight excluding hydrogens is 312 g/mol. The van der Waals surface area contributed by atoms with Crippen LogP contribution in [0.15, 0.2) is 52.9 Å². The Morgan fingerprint density at radius 3 is 2.68 bits per heavy atom. The highest BCUT2D eigenvalue weighted by molar-refractivity contribution is 8.01. The number of amides is 1. The zero-order valence-corrected chi connectivity index (χ0v) is 14.0. The van der Waals surface area contributed by atoms with Crippen LogP contribution < -0.4 is 5.32 Å². The Hall–Kier alpha value is -1.85. The summed E-state index contributed by atoms with van der Waals surface area (Å²) in [5.74, 6) is -0.0961.